The van der Waals surface area contributed by atoms with Gasteiger partial charge in [-0.15, -0.1) is 0 Å². The van der Waals surface area contributed by atoms with Crippen LogP contribution >= 0.6 is 0 Å². The first kappa shape index (κ1) is 24.9. The molecule has 0 heterocycles. The zero-order valence-electron chi connectivity index (χ0n) is 19.0. The Balaban J connectivity index is 2.13. The average Bonchev–Trinajstić information content (AvgIpc) is 2.73. The van der Waals surface area contributed by atoms with Crippen LogP contribution < -0.4 is 0 Å². The van der Waals surface area contributed by atoms with Crippen LogP contribution in [0.5, 0.6) is 0 Å². The van der Waals surface area contributed by atoms with E-state index >= 15 is 0 Å². The lowest BCUT2D eigenvalue weighted by molar-refractivity contribution is 0.483. The van der Waals surface area contributed by atoms with Crippen LogP contribution in [0.3, 0.4) is 0 Å². The molecule has 0 aromatic heterocycles. The lowest BCUT2D eigenvalue weighted by Gasteiger charge is -2.13. The second kappa shape index (κ2) is 13.1. The summed E-state index contributed by atoms with van der Waals surface area (Å²) < 4.78 is 32.9. The minimum atomic E-state index is -4.19. The van der Waals surface area contributed by atoms with Crippen LogP contribution in [0.1, 0.15) is 102 Å². The molecular weight excluding hydrogens is 392 g/mol. The molecule has 0 fully saturated rings. The molecule has 2 aromatic rings. The van der Waals surface area contributed by atoms with Gasteiger partial charge in [0.15, 0.2) is 0 Å². The molecule has 0 spiro atoms. The topological polar surface area (TPSA) is 54.4 Å². The third-order valence-corrected chi connectivity index (χ3v) is 6.92. The van der Waals surface area contributed by atoms with Gasteiger partial charge in [0, 0.05) is 0 Å². The second-order valence-electron chi connectivity index (χ2n) is 8.60. The molecule has 168 valence electrons. The summed E-state index contributed by atoms with van der Waals surface area (Å²) in [4.78, 5) is -0.00379. The Labute approximate surface area is 184 Å². The minimum Gasteiger partial charge on any atom is -0.282 e. The average molecular weight is 433 g/mol. The zero-order chi connectivity index (χ0) is 21.8. The summed E-state index contributed by atoms with van der Waals surface area (Å²) in [5, 5.41) is 2.13. The summed E-state index contributed by atoms with van der Waals surface area (Å²) in [6.45, 7) is 4.46. The predicted molar refractivity (Wildman–Crippen MR) is 128 cm³/mol. The van der Waals surface area contributed by atoms with Crippen molar-refractivity contribution in [1.29, 1.82) is 0 Å². The second-order valence-corrected chi connectivity index (χ2v) is 10.0. The van der Waals surface area contributed by atoms with E-state index in [-0.39, 0.29) is 4.90 Å². The highest BCUT2D eigenvalue weighted by molar-refractivity contribution is 7.85. The summed E-state index contributed by atoms with van der Waals surface area (Å²) in [6, 6.07) is 9.50. The Morgan fingerprint density at radius 3 is 1.60 bits per heavy atom. The number of rotatable bonds is 15. The molecule has 0 aliphatic heterocycles. The fraction of sp³-hybridized carbons (Fsp3) is 0.615. The Morgan fingerprint density at radius 2 is 1.10 bits per heavy atom. The lowest BCUT2D eigenvalue weighted by Crippen LogP contribution is -2.00. The van der Waals surface area contributed by atoms with Crippen molar-refractivity contribution in [2.45, 2.75) is 109 Å². The third-order valence-electron chi connectivity index (χ3n) is 6.07. The van der Waals surface area contributed by atoms with E-state index in [1.54, 1.807) is 6.07 Å². The fourth-order valence-corrected chi connectivity index (χ4v) is 4.74. The SMILES string of the molecule is CCCCCCCCc1ccc(CCCCCCCC)c2cc(S(=O)(=O)O)ccc12. The molecule has 2 aromatic carbocycles. The molecule has 0 aliphatic carbocycles. The van der Waals surface area contributed by atoms with Crippen molar-refractivity contribution in [3.05, 3.63) is 41.5 Å². The number of unbranched alkanes of at least 4 members (excludes halogenated alkanes) is 10. The number of aryl methyl sites for hydroxylation is 2. The molecule has 0 radical (unpaired) electrons. The van der Waals surface area contributed by atoms with Crippen molar-refractivity contribution in [3.63, 3.8) is 0 Å². The summed E-state index contributed by atoms with van der Waals surface area (Å²) in [5.41, 5.74) is 2.48. The summed E-state index contributed by atoms with van der Waals surface area (Å²) >= 11 is 0. The first-order valence-corrected chi connectivity index (χ1v) is 13.4. The van der Waals surface area contributed by atoms with E-state index in [2.05, 4.69) is 26.0 Å². The van der Waals surface area contributed by atoms with Gasteiger partial charge in [-0.25, -0.2) is 0 Å². The van der Waals surface area contributed by atoms with Gasteiger partial charge in [0.1, 0.15) is 0 Å². The van der Waals surface area contributed by atoms with Crippen molar-refractivity contribution in [3.8, 4) is 0 Å². The molecule has 4 heteroatoms. The maximum atomic E-state index is 11.7. The molecule has 0 saturated carbocycles. The Morgan fingerprint density at radius 1 is 0.633 bits per heavy atom. The smallest absolute Gasteiger partial charge is 0.282 e. The maximum absolute atomic E-state index is 11.7. The molecule has 1 N–H and O–H groups in total. The largest absolute Gasteiger partial charge is 0.294 e. The van der Waals surface area contributed by atoms with Crippen LogP contribution in [0, 0.1) is 0 Å². The Bertz CT molecular complexity index is 871. The normalized spacial score (nSPS) is 12.0. The van der Waals surface area contributed by atoms with Crippen molar-refractivity contribution in [2.75, 3.05) is 0 Å². The molecule has 3 nitrogen and oxygen atoms in total. The van der Waals surface area contributed by atoms with Gasteiger partial charge in [-0.2, -0.15) is 8.42 Å². The van der Waals surface area contributed by atoms with E-state index in [9.17, 15) is 13.0 Å². The highest BCUT2D eigenvalue weighted by Gasteiger charge is 2.13. The van der Waals surface area contributed by atoms with Crippen LogP contribution in [-0.4, -0.2) is 13.0 Å². The van der Waals surface area contributed by atoms with Gasteiger partial charge in [0.25, 0.3) is 10.1 Å². The van der Waals surface area contributed by atoms with Crippen molar-refractivity contribution in [2.24, 2.45) is 0 Å². The van der Waals surface area contributed by atoms with Gasteiger partial charge < -0.3 is 0 Å². The molecule has 0 saturated heterocycles. The minimum absolute atomic E-state index is 0.00379. The summed E-state index contributed by atoms with van der Waals surface area (Å²) in [6.07, 6.45) is 17.0. The van der Waals surface area contributed by atoms with Gasteiger partial charge >= 0.3 is 0 Å². The number of fused-ring (bicyclic) bond motifs is 1. The van der Waals surface area contributed by atoms with Gasteiger partial charge in [-0.05, 0) is 59.7 Å². The van der Waals surface area contributed by atoms with E-state index in [4.69, 9.17) is 0 Å². The highest BCUT2D eigenvalue weighted by Crippen LogP contribution is 2.28. The third kappa shape index (κ3) is 8.03. The molecule has 0 atom stereocenters. The maximum Gasteiger partial charge on any atom is 0.294 e. The van der Waals surface area contributed by atoms with Crippen molar-refractivity contribution >= 4 is 20.9 Å². The quantitative estimate of drug-likeness (QED) is 0.230. The molecule has 0 amide bonds. The van der Waals surface area contributed by atoms with E-state index in [1.807, 2.05) is 6.07 Å². The summed E-state index contributed by atoms with van der Waals surface area (Å²) in [7, 11) is -4.19. The van der Waals surface area contributed by atoms with Gasteiger partial charge in [-0.1, -0.05) is 96.3 Å². The number of benzene rings is 2. The predicted octanol–water partition coefficient (Wildman–Crippen LogP) is 7.89. The lowest BCUT2D eigenvalue weighted by atomic mass is 9.93. The van der Waals surface area contributed by atoms with Crippen LogP contribution in [0.15, 0.2) is 35.2 Å². The molecule has 0 bridgehead atoms. The fourth-order valence-electron chi connectivity index (χ4n) is 4.24. The Kier molecular flexibility index (Phi) is 10.9. The molecular formula is C26H40O3S. The van der Waals surface area contributed by atoms with Crippen LogP contribution in [0.25, 0.3) is 10.8 Å². The van der Waals surface area contributed by atoms with Crippen LogP contribution in [0.2, 0.25) is 0 Å². The van der Waals surface area contributed by atoms with E-state index in [0.717, 1.165) is 36.5 Å². The zero-order valence-corrected chi connectivity index (χ0v) is 19.8. The van der Waals surface area contributed by atoms with Crippen molar-refractivity contribution < 1.29 is 13.0 Å². The highest BCUT2D eigenvalue weighted by atomic mass is 32.2. The van der Waals surface area contributed by atoms with E-state index in [1.165, 1.54) is 81.4 Å². The molecule has 0 aliphatic rings. The first-order chi connectivity index (χ1) is 14.5. The monoisotopic (exact) mass is 432 g/mol. The van der Waals surface area contributed by atoms with Gasteiger partial charge in [0.05, 0.1) is 4.90 Å². The molecule has 2 rings (SSSR count). The number of hydrogen-bond acceptors (Lipinski definition) is 2. The first-order valence-electron chi connectivity index (χ1n) is 12.0. The Hall–Kier alpha value is -1.39. The van der Waals surface area contributed by atoms with Crippen LogP contribution in [-0.2, 0) is 23.0 Å². The summed E-state index contributed by atoms with van der Waals surface area (Å²) in [5.74, 6) is 0. The standard InChI is InChI=1S/C26H40O3S/c1-3-5-7-9-11-13-15-22-17-18-23(16-14-12-10-8-6-4-2)26-21-24(30(27,28)29)19-20-25(22)26/h17-21H,3-16H2,1-2H3,(H,27,28,29). The van der Waals surface area contributed by atoms with Gasteiger partial charge in [0.2, 0.25) is 0 Å². The van der Waals surface area contributed by atoms with Gasteiger partial charge in [-0.3, -0.25) is 4.55 Å². The van der Waals surface area contributed by atoms with E-state index < -0.39 is 10.1 Å². The van der Waals surface area contributed by atoms with E-state index in [0.29, 0.717) is 0 Å². The molecule has 0 unspecified atom stereocenters. The van der Waals surface area contributed by atoms with Crippen LogP contribution in [0.4, 0.5) is 0 Å². The molecule has 30 heavy (non-hydrogen) atoms. The number of hydrogen-bond donors (Lipinski definition) is 1. The van der Waals surface area contributed by atoms with Crippen molar-refractivity contribution in [1.82, 2.24) is 0 Å².